The molecule has 0 unspecified atom stereocenters. The van der Waals surface area contributed by atoms with Gasteiger partial charge in [-0.15, -0.1) is 11.6 Å². The monoisotopic (exact) mass is 1080 g/mol. The molecule has 20 heteroatoms. The predicted octanol–water partition coefficient (Wildman–Crippen LogP) is 4.06. The average molecular weight is 1080 g/mol. The van der Waals surface area contributed by atoms with Crippen molar-refractivity contribution in [2.75, 3.05) is 18.3 Å². The SMILES string of the molecule is CC(=O)CCl.CC(=O)c1cc2ccc(Cl)cc2o1.COc1ccc(Cl)cc1O.O=C(CBr)c1cc2ccc(Cl)cc2o1.O=CO[O-].[Br][Cu][Br].[H-].[K+].[K+]. The molecule has 0 aliphatic carbocycles. The van der Waals surface area contributed by atoms with E-state index in [9.17, 15) is 14.4 Å². The quantitative estimate of drug-likeness (QED) is 0.0658. The number of alkyl halides is 2. The Labute approximate surface area is 429 Å². The molecular formula is C31H27Br3Cl4CuK2O10. The first-order valence-electron chi connectivity index (χ1n) is 12.8. The standard InChI is InChI=1S/C10H6BrClO2.C10H7ClO2.C7H7ClO2.C3H5ClO.CH2O3.2BrH.Cu.2K.H/c11-5-8(13)10-3-6-1-2-7(12)4-9(6)14-10;1-6(12)9-4-7-2-3-8(11)5-10(7)13-9;1-10-7-3-2-5(8)4-6(7)9;1-3(5)2-4;2-1-4-3;;;;;;/h1-4H,5H2;2-5H,1H3;2-4,9H,1H3;2H2,1H3;1,3H;2*1H;;;;/q;;;;;;;+2;2*+1;-1/p-3. The van der Waals surface area contributed by atoms with E-state index in [4.69, 9.17) is 75.1 Å². The van der Waals surface area contributed by atoms with Gasteiger partial charge in [-0.3, -0.25) is 19.2 Å². The van der Waals surface area contributed by atoms with Crippen molar-refractivity contribution in [2.45, 2.75) is 13.8 Å². The number of hydrogen-bond donors (Lipinski definition) is 1. The molecule has 2 aromatic heterocycles. The van der Waals surface area contributed by atoms with E-state index in [2.05, 4.69) is 49.0 Å². The summed E-state index contributed by atoms with van der Waals surface area (Å²) < 4.78 is 15.4. The molecule has 273 valence electrons. The van der Waals surface area contributed by atoms with E-state index in [1.165, 1.54) is 38.4 Å². The number of fused-ring (bicyclic) bond motifs is 2. The zero-order valence-electron chi connectivity index (χ0n) is 28.4. The van der Waals surface area contributed by atoms with Crippen LogP contribution in [-0.2, 0) is 25.8 Å². The van der Waals surface area contributed by atoms with Crippen LogP contribution in [0.15, 0.2) is 75.6 Å². The number of carbonyl (C=O) groups excluding carboxylic acids is 4. The molecule has 0 bridgehead atoms. The molecule has 0 aliphatic heterocycles. The van der Waals surface area contributed by atoms with Gasteiger partial charge in [0.25, 0.3) is 6.47 Å². The van der Waals surface area contributed by atoms with Crippen LogP contribution in [-0.4, -0.2) is 47.2 Å². The van der Waals surface area contributed by atoms with E-state index < -0.39 is 0 Å². The molecule has 0 fully saturated rings. The van der Waals surface area contributed by atoms with Crippen LogP contribution in [0.1, 0.15) is 36.4 Å². The van der Waals surface area contributed by atoms with E-state index in [0.717, 1.165) is 10.8 Å². The largest absolute Gasteiger partial charge is 1.00 e. The first-order chi connectivity index (χ1) is 23.2. The molecule has 0 spiro atoms. The fourth-order valence-corrected chi connectivity index (χ4v) is 3.82. The first-order valence-corrected chi connectivity index (χ1v) is 20.3. The van der Waals surface area contributed by atoms with Crippen LogP contribution >= 0.6 is 90.6 Å². The fourth-order valence-electron chi connectivity index (χ4n) is 3.05. The number of ketones is 3. The molecule has 3 aromatic carbocycles. The van der Waals surface area contributed by atoms with Crippen LogP contribution in [0, 0.1) is 0 Å². The minimum absolute atomic E-state index is 0. The Kier molecular flexibility index (Phi) is 36.9. The minimum Gasteiger partial charge on any atom is -1.00 e. The number of methoxy groups -OCH3 is 1. The smallest absolute Gasteiger partial charge is 1.00 e. The van der Waals surface area contributed by atoms with Crippen molar-refractivity contribution in [3.8, 4) is 11.5 Å². The first kappa shape index (κ1) is 56.5. The summed E-state index contributed by atoms with van der Waals surface area (Å²) in [6.45, 7) is 2.74. The number of halogens is 7. The number of rotatable bonds is 6. The normalized spacial score (nSPS) is 9.08. The Hall–Kier alpha value is 1.17. The van der Waals surface area contributed by atoms with Crippen LogP contribution in [0.5, 0.6) is 11.5 Å². The molecule has 0 aliphatic rings. The summed E-state index contributed by atoms with van der Waals surface area (Å²) in [4.78, 5) is 43.2. The topological polar surface area (TPSA) is 156 Å². The van der Waals surface area contributed by atoms with Gasteiger partial charge in [0.2, 0.25) is 5.78 Å². The summed E-state index contributed by atoms with van der Waals surface area (Å²) in [5.74, 6) is 1.24. The molecule has 2 heterocycles. The van der Waals surface area contributed by atoms with E-state index >= 15 is 0 Å². The maximum absolute atomic E-state index is 11.3. The fraction of sp³-hybridized carbons (Fsp3) is 0.161. The van der Waals surface area contributed by atoms with Crippen molar-refractivity contribution in [3.63, 3.8) is 0 Å². The van der Waals surface area contributed by atoms with Crippen molar-refractivity contribution in [2.24, 2.45) is 0 Å². The molecular weight excluding hydrogens is 1060 g/mol. The summed E-state index contributed by atoms with van der Waals surface area (Å²) in [5, 5.41) is 21.3. The van der Waals surface area contributed by atoms with E-state index in [0.29, 0.717) is 43.5 Å². The molecule has 0 saturated heterocycles. The zero-order valence-corrected chi connectivity index (χ0v) is 42.4. The summed E-state index contributed by atoms with van der Waals surface area (Å²) in [7, 11) is 1.49. The molecule has 51 heavy (non-hydrogen) atoms. The van der Waals surface area contributed by atoms with Gasteiger partial charge >= 0.3 is 142 Å². The predicted molar refractivity (Wildman–Crippen MR) is 198 cm³/mol. The number of furan rings is 2. The minimum atomic E-state index is -0.181. The van der Waals surface area contributed by atoms with Crippen molar-refractivity contribution in [1.29, 1.82) is 0 Å². The second-order valence-electron chi connectivity index (χ2n) is 8.59. The third-order valence-corrected chi connectivity index (χ3v) is 6.67. The molecule has 0 atom stereocenters. The summed E-state index contributed by atoms with van der Waals surface area (Å²) in [6.07, 6.45) is 0. The average Bonchev–Trinajstić information content (AvgIpc) is 3.70. The second kappa shape index (κ2) is 33.3. The Morgan fingerprint density at radius 3 is 1.61 bits per heavy atom. The van der Waals surface area contributed by atoms with Gasteiger partial charge in [-0.05, 0) is 55.5 Å². The summed E-state index contributed by atoms with van der Waals surface area (Å²) in [5.41, 5.74) is 1.29. The second-order valence-corrected chi connectivity index (χ2v) is 15.5. The number of hydrogen-bond acceptors (Lipinski definition) is 10. The Morgan fingerprint density at radius 2 is 1.25 bits per heavy atom. The Bertz CT molecular complexity index is 1800. The third-order valence-electron chi connectivity index (χ3n) is 5.08. The molecule has 5 rings (SSSR count). The molecule has 0 saturated carbocycles. The summed E-state index contributed by atoms with van der Waals surface area (Å²) in [6, 6.07) is 18.7. The molecule has 0 radical (unpaired) electrons. The van der Waals surface area contributed by atoms with Crippen LogP contribution in [0.25, 0.3) is 21.9 Å². The number of benzene rings is 3. The van der Waals surface area contributed by atoms with Crippen LogP contribution in [0.4, 0.5) is 0 Å². The molecule has 10 nitrogen and oxygen atoms in total. The maximum Gasteiger partial charge on any atom is 1.00 e. The van der Waals surface area contributed by atoms with Gasteiger partial charge in [-0.25, -0.2) is 0 Å². The van der Waals surface area contributed by atoms with Gasteiger partial charge in [0, 0.05) is 51.0 Å². The van der Waals surface area contributed by atoms with Crippen LogP contribution in [0.2, 0.25) is 15.1 Å². The number of phenolic OH excluding ortho intramolecular Hbond substituents is 1. The van der Waals surface area contributed by atoms with E-state index in [-0.39, 0.29) is 145 Å². The van der Waals surface area contributed by atoms with Gasteiger partial charge in [0.15, 0.2) is 28.8 Å². The van der Waals surface area contributed by atoms with Crippen molar-refractivity contribution >= 4 is 136 Å². The van der Waals surface area contributed by atoms with E-state index in [1.807, 2.05) is 12.1 Å². The number of carbonyl (C=O) groups is 4. The van der Waals surface area contributed by atoms with E-state index in [1.54, 1.807) is 48.5 Å². The van der Waals surface area contributed by atoms with Gasteiger partial charge in [0.1, 0.15) is 16.9 Å². The number of ether oxygens (including phenoxy) is 1. The van der Waals surface area contributed by atoms with Gasteiger partial charge < -0.3 is 30.2 Å². The summed E-state index contributed by atoms with van der Waals surface area (Å²) >= 11 is 32.6. The van der Waals surface area contributed by atoms with Crippen LogP contribution in [0.3, 0.4) is 0 Å². The number of Topliss-reactive ketones (excluding diaryl/α,β-unsaturated/α-hetero) is 3. The maximum atomic E-state index is 11.3. The number of phenols is 1. The zero-order chi connectivity index (χ0) is 37.5. The van der Waals surface area contributed by atoms with Crippen molar-refractivity contribution in [1.82, 2.24) is 0 Å². The molecule has 5 aromatic rings. The third kappa shape index (κ3) is 24.4. The van der Waals surface area contributed by atoms with Gasteiger partial charge in [-0.2, -0.15) is 0 Å². The van der Waals surface area contributed by atoms with Crippen LogP contribution < -0.4 is 113 Å². The van der Waals surface area contributed by atoms with Gasteiger partial charge in [-0.1, -0.05) is 50.7 Å². The van der Waals surface area contributed by atoms with Crippen molar-refractivity contribution < 1.29 is 164 Å². The van der Waals surface area contributed by atoms with Crippen molar-refractivity contribution in [3.05, 3.63) is 93.3 Å². The molecule has 1 N–H and O–H groups in total. The van der Waals surface area contributed by atoms with Gasteiger partial charge in [0.05, 0.1) is 18.3 Å². The molecule has 0 amide bonds. The Morgan fingerprint density at radius 1 is 0.863 bits per heavy atom. The number of aromatic hydroxyl groups is 1. The Balaban J connectivity index is -0.000000283.